The largest absolute Gasteiger partial charge is 0.478 e. The molecule has 0 fully saturated rings. The van der Waals surface area contributed by atoms with Gasteiger partial charge in [0.15, 0.2) is 0 Å². The van der Waals surface area contributed by atoms with Gasteiger partial charge in [0.2, 0.25) is 0 Å². The van der Waals surface area contributed by atoms with Crippen LogP contribution in [0.15, 0.2) is 66.9 Å². The van der Waals surface area contributed by atoms with Crippen molar-refractivity contribution in [3.63, 3.8) is 0 Å². The van der Waals surface area contributed by atoms with Crippen LogP contribution in [0.25, 0.3) is 16.9 Å². The molecule has 0 aliphatic rings. The van der Waals surface area contributed by atoms with Gasteiger partial charge in [-0.3, -0.25) is 0 Å². The summed E-state index contributed by atoms with van der Waals surface area (Å²) in [5.74, 6) is -1.41. The first-order valence-electron chi connectivity index (χ1n) is 7.89. The average Bonchev–Trinajstić information content (AvgIpc) is 3.08. The number of carboxylic acids is 1. The van der Waals surface area contributed by atoms with Crippen molar-refractivity contribution >= 4 is 11.9 Å². The lowest BCUT2D eigenvalue weighted by atomic mass is 10.1. The number of carbonyl (C=O) groups excluding carboxylic acids is 1. The second kappa shape index (κ2) is 7.05. The Morgan fingerprint density at radius 2 is 1.76 bits per heavy atom. The highest BCUT2D eigenvalue weighted by Gasteiger charge is 2.16. The first-order valence-corrected chi connectivity index (χ1v) is 7.89. The highest BCUT2D eigenvalue weighted by molar-refractivity contribution is 5.92. The van der Waals surface area contributed by atoms with Crippen LogP contribution in [-0.2, 0) is 4.74 Å². The summed E-state index contributed by atoms with van der Waals surface area (Å²) in [6.45, 7) is 2.04. The lowest BCUT2D eigenvalue weighted by molar-refractivity contribution is 0.0526. The zero-order valence-electron chi connectivity index (χ0n) is 13.7. The Morgan fingerprint density at radius 1 is 1.00 bits per heavy atom. The number of rotatable bonds is 5. The van der Waals surface area contributed by atoms with E-state index in [0.29, 0.717) is 17.9 Å². The Morgan fingerprint density at radius 3 is 2.44 bits per heavy atom. The number of esters is 1. The van der Waals surface area contributed by atoms with Gasteiger partial charge in [-0.15, -0.1) is 0 Å². The molecular weight excluding hydrogens is 318 g/mol. The molecule has 0 aliphatic carbocycles. The fourth-order valence-electron chi connectivity index (χ4n) is 2.62. The third-order valence-corrected chi connectivity index (χ3v) is 3.77. The molecule has 25 heavy (non-hydrogen) atoms. The third-order valence-electron chi connectivity index (χ3n) is 3.77. The fraction of sp³-hybridized carbons (Fsp3) is 0.100. The number of carbonyl (C=O) groups is 2. The molecule has 5 nitrogen and oxygen atoms in total. The number of hydrogen-bond acceptors (Lipinski definition) is 3. The van der Waals surface area contributed by atoms with Crippen LogP contribution in [0.4, 0.5) is 0 Å². The number of ether oxygens (including phenoxy) is 1. The molecule has 1 heterocycles. The van der Waals surface area contributed by atoms with E-state index in [2.05, 4.69) is 0 Å². The summed E-state index contributed by atoms with van der Waals surface area (Å²) >= 11 is 0. The topological polar surface area (TPSA) is 68.5 Å². The zero-order valence-corrected chi connectivity index (χ0v) is 13.7. The molecule has 0 saturated carbocycles. The van der Waals surface area contributed by atoms with Crippen LogP contribution in [0.5, 0.6) is 0 Å². The summed E-state index contributed by atoms with van der Waals surface area (Å²) in [6, 6.07) is 17.9. The van der Waals surface area contributed by atoms with Crippen molar-refractivity contribution in [2.45, 2.75) is 6.92 Å². The maximum absolute atomic E-state index is 12.1. The molecule has 0 amide bonds. The van der Waals surface area contributed by atoms with Gasteiger partial charge in [-0.2, -0.15) is 0 Å². The molecule has 1 aromatic heterocycles. The molecule has 0 radical (unpaired) electrons. The van der Waals surface area contributed by atoms with E-state index in [0.717, 1.165) is 11.3 Å². The second-order valence-electron chi connectivity index (χ2n) is 5.43. The van der Waals surface area contributed by atoms with Gasteiger partial charge in [-0.25, -0.2) is 9.59 Å². The molecule has 2 aromatic carbocycles. The number of benzene rings is 2. The van der Waals surface area contributed by atoms with Crippen molar-refractivity contribution in [3.05, 3.63) is 78.0 Å². The van der Waals surface area contributed by atoms with Gasteiger partial charge >= 0.3 is 11.9 Å². The van der Waals surface area contributed by atoms with Crippen molar-refractivity contribution in [2.24, 2.45) is 0 Å². The van der Waals surface area contributed by atoms with Crippen molar-refractivity contribution in [3.8, 4) is 16.9 Å². The van der Waals surface area contributed by atoms with Crippen molar-refractivity contribution in [1.29, 1.82) is 0 Å². The molecule has 0 saturated heterocycles. The summed E-state index contributed by atoms with van der Waals surface area (Å²) in [6.07, 6.45) is 1.67. The van der Waals surface area contributed by atoms with E-state index < -0.39 is 11.9 Å². The normalized spacial score (nSPS) is 10.4. The molecule has 0 bridgehead atoms. The maximum Gasteiger partial charge on any atom is 0.339 e. The second-order valence-corrected chi connectivity index (χ2v) is 5.43. The van der Waals surface area contributed by atoms with E-state index in [9.17, 15) is 14.7 Å². The molecule has 0 spiro atoms. The summed E-state index contributed by atoms with van der Waals surface area (Å²) in [5.41, 5.74) is 2.96. The molecule has 126 valence electrons. The molecule has 5 heteroatoms. The van der Waals surface area contributed by atoms with Crippen LogP contribution < -0.4 is 0 Å². The Kier molecular flexibility index (Phi) is 4.66. The molecule has 0 unspecified atom stereocenters. The number of carboxylic acid groups (broad SMARTS) is 1. The highest BCUT2D eigenvalue weighted by Crippen LogP contribution is 2.27. The molecular formula is C20H17NO4. The monoisotopic (exact) mass is 335 g/mol. The van der Waals surface area contributed by atoms with Crippen LogP contribution in [0.2, 0.25) is 0 Å². The van der Waals surface area contributed by atoms with Crippen LogP contribution in [0.1, 0.15) is 27.6 Å². The van der Waals surface area contributed by atoms with Gasteiger partial charge in [0, 0.05) is 11.9 Å². The average molecular weight is 335 g/mol. The van der Waals surface area contributed by atoms with Crippen molar-refractivity contribution in [1.82, 2.24) is 4.57 Å². The van der Waals surface area contributed by atoms with E-state index in [4.69, 9.17) is 4.74 Å². The lowest BCUT2D eigenvalue weighted by Crippen LogP contribution is -2.03. The van der Waals surface area contributed by atoms with E-state index in [1.54, 1.807) is 42.0 Å². The van der Waals surface area contributed by atoms with Gasteiger partial charge in [-0.1, -0.05) is 36.4 Å². The van der Waals surface area contributed by atoms with Gasteiger partial charge in [0.1, 0.15) is 0 Å². The molecule has 3 aromatic rings. The minimum atomic E-state index is -0.999. The Bertz CT molecular complexity index is 912. The number of aromatic carboxylic acids is 1. The Labute approximate surface area is 145 Å². The number of aromatic nitrogens is 1. The zero-order chi connectivity index (χ0) is 17.8. The Balaban J connectivity index is 2.15. The van der Waals surface area contributed by atoms with Crippen LogP contribution in [0.3, 0.4) is 0 Å². The predicted molar refractivity (Wildman–Crippen MR) is 94.1 cm³/mol. The van der Waals surface area contributed by atoms with Crippen LogP contribution in [0, 0.1) is 0 Å². The Hall–Kier alpha value is -3.34. The summed E-state index contributed by atoms with van der Waals surface area (Å²) in [4.78, 5) is 23.4. The molecule has 3 rings (SSSR count). The van der Waals surface area contributed by atoms with E-state index in [1.165, 1.54) is 6.07 Å². The van der Waals surface area contributed by atoms with Gasteiger partial charge in [0.05, 0.1) is 23.4 Å². The van der Waals surface area contributed by atoms with Gasteiger partial charge in [-0.05, 0) is 36.8 Å². The smallest absolute Gasteiger partial charge is 0.339 e. The third kappa shape index (κ3) is 3.45. The first kappa shape index (κ1) is 16.5. The van der Waals surface area contributed by atoms with E-state index in [-0.39, 0.29) is 5.56 Å². The quantitative estimate of drug-likeness (QED) is 0.715. The maximum atomic E-state index is 12.1. The van der Waals surface area contributed by atoms with Crippen molar-refractivity contribution < 1.29 is 19.4 Å². The van der Waals surface area contributed by atoms with Gasteiger partial charge < -0.3 is 14.4 Å². The van der Waals surface area contributed by atoms with Crippen molar-refractivity contribution in [2.75, 3.05) is 6.61 Å². The first-order chi connectivity index (χ1) is 12.1. The minimum absolute atomic E-state index is 0.183. The number of nitrogens with zero attached hydrogens (tertiary/aromatic N) is 1. The molecule has 0 aliphatic heterocycles. The van der Waals surface area contributed by atoms with Crippen LogP contribution >= 0.6 is 0 Å². The molecule has 1 N–H and O–H groups in total. The summed E-state index contributed by atoms with van der Waals surface area (Å²) in [7, 11) is 0. The highest BCUT2D eigenvalue weighted by atomic mass is 16.5. The predicted octanol–water partition coefficient (Wildman–Crippen LogP) is 4.02. The van der Waals surface area contributed by atoms with Crippen LogP contribution in [-0.4, -0.2) is 28.2 Å². The SMILES string of the molecule is CCOC(=O)c1cc(-c2ccccc2)n(-c2cccc(C(=O)O)c2)c1. The minimum Gasteiger partial charge on any atom is -0.478 e. The van der Waals surface area contributed by atoms with E-state index >= 15 is 0 Å². The number of hydrogen-bond donors (Lipinski definition) is 1. The molecule has 0 atom stereocenters. The standard InChI is InChI=1S/C20H17NO4/c1-2-25-20(24)16-12-18(14-7-4-3-5-8-14)21(13-16)17-10-6-9-15(11-17)19(22)23/h3-13H,2H2,1H3,(H,22,23). The lowest BCUT2D eigenvalue weighted by Gasteiger charge is -2.10. The summed E-state index contributed by atoms with van der Waals surface area (Å²) in [5, 5.41) is 9.22. The fourth-order valence-corrected chi connectivity index (χ4v) is 2.62. The van der Waals surface area contributed by atoms with E-state index in [1.807, 2.05) is 30.3 Å². The van der Waals surface area contributed by atoms with Gasteiger partial charge in [0.25, 0.3) is 0 Å². The summed E-state index contributed by atoms with van der Waals surface area (Å²) < 4.78 is 6.88.